The smallest absolute Gasteiger partial charge is 0.271 e. The Balaban J connectivity index is 1.35. The number of pyridine rings is 1. The number of carbonyl (C=O) groups is 1. The molecule has 1 amide bonds. The van der Waals surface area contributed by atoms with E-state index in [4.69, 9.17) is 9.84 Å². The van der Waals surface area contributed by atoms with E-state index in [1.54, 1.807) is 30.7 Å². The molecular formula is C30H27N5O2. The lowest BCUT2D eigenvalue weighted by atomic mass is 9.98. The number of hydrogen-bond donors (Lipinski definition) is 1. The van der Waals surface area contributed by atoms with Crippen LogP contribution in [0.25, 0.3) is 0 Å². The predicted octanol–water partition coefficient (Wildman–Crippen LogP) is 5.60. The van der Waals surface area contributed by atoms with Gasteiger partial charge in [0.1, 0.15) is 5.75 Å². The van der Waals surface area contributed by atoms with Crippen LogP contribution in [0.2, 0.25) is 0 Å². The van der Waals surface area contributed by atoms with Gasteiger partial charge in [0.15, 0.2) is 0 Å². The zero-order chi connectivity index (χ0) is 25.5. The summed E-state index contributed by atoms with van der Waals surface area (Å²) in [4.78, 5) is 16.1. The molecule has 5 rings (SSSR count). The molecule has 1 aromatic heterocycles. The first kappa shape index (κ1) is 23.9. The lowest BCUT2D eigenvalue weighted by molar-refractivity contribution is 0.0955. The zero-order valence-corrected chi connectivity index (χ0v) is 20.5. The number of ether oxygens (including phenoxy) is 1. The molecule has 0 radical (unpaired) electrons. The van der Waals surface area contributed by atoms with E-state index in [0.717, 1.165) is 34.7 Å². The van der Waals surface area contributed by atoms with Gasteiger partial charge in [-0.25, -0.2) is 5.43 Å². The van der Waals surface area contributed by atoms with E-state index >= 15 is 0 Å². The van der Waals surface area contributed by atoms with E-state index in [0.29, 0.717) is 12.2 Å². The molecule has 1 N–H and O–H groups in total. The maximum Gasteiger partial charge on any atom is 0.271 e. The predicted molar refractivity (Wildman–Crippen MR) is 146 cm³/mol. The second-order valence-electron chi connectivity index (χ2n) is 8.51. The van der Waals surface area contributed by atoms with Crippen LogP contribution in [0, 0.1) is 0 Å². The SMILES string of the molecule is CCOc1ccc(C2CC(c3ccccc3)=NN2c2ccc(/C=N/NC(=O)c3ccncc3)cc2)cc1. The maximum atomic E-state index is 12.2. The van der Waals surface area contributed by atoms with Crippen molar-refractivity contribution in [2.75, 3.05) is 11.6 Å². The summed E-state index contributed by atoms with van der Waals surface area (Å²) < 4.78 is 5.63. The minimum atomic E-state index is -0.284. The van der Waals surface area contributed by atoms with Crippen molar-refractivity contribution in [2.45, 2.75) is 19.4 Å². The minimum absolute atomic E-state index is 0.0602. The van der Waals surface area contributed by atoms with Crippen LogP contribution in [0.5, 0.6) is 5.75 Å². The van der Waals surface area contributed by atoms with Crippen molar-refractivity contribution in [2.24, 2.45) is 10.2 Å². The molecule has 1 atom stereocenters. The monoisotopic (exact) mass is 489 g/mol. The topological polar surface area (TPSA) is 79.2 Å². The number of carbonyl (C=O) groups excluding carboxylic acids is 1. The van der Waals surface area contributed by atoms with Gasteiger partial charge in [0.2, 0.25) is 0 Å². The van der Waals surface area contributed by atoms with Gasteiger partial charge < -0.3 is 4.74 Å². The standard InChI is InChI=1S/C30H27N5O2/c1-2-37-27-14-10-24(11-15-27)29-20-28(23-6-4-3-5-7-23)34-35(29)26-12-8-22(9-13-26)21-32-33-30(36)25-16-18-31-19-17-25/h3-19,21,29H,2,20H2,1H3,(H,33,36)/b32-21+. The maximum absolute atomic E-state index is 12.2. The summed E-state index contributed by atoms with van der Waals surface area (Å²) in [5.74, 6) is 0.577. The van der Waals surface area contributed by atoms with Gasteiger partial charge in [0.05, 0.1) is 30.3 Å². The number of aromatic nitrogens is 1. The number of hydrazone groups is 2. The average molecular weight is 490 g/mol. The number of hydrogen-bond acceptors (Lipinski definition) is 6. The minimum Gasteiger partial charge on any atom is -0.494 e. The fourth-order valence-electron chi connectivity index (χ4n) is 4.21. The van der Waals surface area contributed by atoms with Crippen LogP contribution in [0.4, 0.5) is 5.69 Å². The molecule has 2 heterocycles. The molecule has 4 aromatic rings. The van der Waals surface area contributed by atoms with Crippen molar-refractivity contribution < 1.29 is 9.53 Å². The highest BCUT2D eigenvalue weighted by atomic mass is 16.5. The quantitative estimate of drug-likeness (QED) is 0.258. The summed E-state index contributed by atoms with van der Waals surface area (Å²) >= 11 is 0. The fraction of sp³-hybridized carbons (Fsp3) is 0.133. The molecule has 1 aliphatic heterocycles. The Labute approximate surface area is 216 Å². The summed E-state index contributed by atoms with van der Waals surface area (Å²) in [5, 5.41) is 11.2. The molecule has 3 aromatic carbocycles. The highest BCUT2D eigenvalue weighted by Crippen LogP contribution is 2.37. The van der Waals surface area contributed by atoms with Crippen LogP contribution in [0.3, 0.4) is 0 Å². The van der Waals surface area contributed by atoms with E-state index in [9.17, 15) is 4.79 Å². The molecule has 0 saturated heterocycles. The Morgan fingerprint density at radius 3 is 2.43 bits per heavy atom. The van der Waals surface area contributed by atoms with E-state index < -0.39 is 0 Å². The summed E-state index contributed by atoms with van der Waals surface area (Å²) in [6, 6.07) is 29.8. The van der Waals surface area contributed by atoms with Crippen molar-refractivity contribution in [3.63, 3.8) is 0 Å². The number of nitrogens with one attached hydrogen (secondary N) is 1. The molecular weight excluding hydrogens is 462 g/mol. The molecule has 37 heavy (non-hydrogen) atoms. The molecule has 1 unspecified atom stereocenters. The van der Waals surface area contributed by atoms with Crippen molar-refractivity contribution in [1.82, 2.24) is 10.4 Å². The number of rotatable bonds is 8. The number of nitrogens with zero attached hydrogens (tertiary/aromatic N) is 4. The van der Waals surface area contributed by atoms with Crippen LogP contribution in [-0.4, -0.2) is 29.4 Å². The van der Waals surface area contributed by atoms with E-state index in [-0.39, 0.29) is 11.9 Å². The molecule has 0 spiro atoms. The van der Waals surface area contributed by atoms with Crippen LogP contribution in [-0.2, 0) is 0 Å². The van der Waals surface area contributed by atoms with Crippen LogP contribution >= 0.6 is 0 Å². The van der Waals surface area contributed by atoms with Gasteiger partial charge in [-0.15, -0.1) is 0 Å². The van der Waals surface area contributed by atoms with E-state index in [1.165, 1.54) is 5.56 Å². The number of anilines is 1. The van der Waals surface area contributed by atoms with Crippen molar-refractivity contribution in [1.29, 1.82) is 0 Å². The second-order valence-corrected chi connectivity index (χ2v) is 8.51. The molecule has 0 fully saturated rings. The third-order valence-corrected chi connectivity index (χ3v) is 6.07. The van der Waals surface area contributed by atoms with Gasteiger partial charge in [-0.2, -0.15) is 10.2 Å². The molecule has 7 nitrogen and oxygen atoms in total. The molecule has 1 aliphatic rings. The number of amides is 1. The van der Waals surface area contributed by atoms with Crippen LogP contribution in [0.15, 0.2) is 114 Å². The Morgan fingerprint density at radius 1 is 1.00 bits per heavy atom. The first-order valence-corrected chi connectivity index (χ1v) is 12.2. The third kappa shape index (κ3) is 5.73. The molecule has 0 aliphatic carbocycles. The summed E-state index contributed by atoms with van der Waals surface area (Å²) in [6.45, 7) is 2.62. The van der Waals surface area contributed by atoms with Crippen molar-refractivity contribution in [3.8, 4) is 5.75 Å². The molecule has 184 valence electrons. The Kier molecular flexibility index (Phi) is 7.31. The van der Waals surface area contributed by atoms with Crippen LogP contribution in [0.1, 0.15) is 46.4 Å². The Bertz CT molecular complexity index is 1390. The second kappa shape index (κ2) is 11.3. The Hall–Kier alpha value is -4.78. The van der Waals surface area contributed by atoms with Crippen molar-refractivity contribution >= 4 is 23.5 Å². The highest BCUT2D eigenvalue weighted by molar-refractivity contribution is 6.03. The van der Waals surface area contributed by atoms with E-state index in [2.05, 4.69) is 44.8 Å². The lowest BCUT2D eigenvalue weighted by Crippen LogP contribution is -2.18. The first-order valence-electron chi connectivity index (χ1n) is 12.2. The lowest BCUT2D eigenvalue weighted by Gasteiger charge is -2.24. The van der Waals surface area contributed by atoms with Crippen LogP contribution < -0.4 is 15.2 Å². The number of benzene rings is 3. The fourth-order valence-corrected chi connectivity index (χ4v) is 4.21. The van der Waals surface area contributed by atoms with Gasteiger partial charge >= 0.3 is 0 Å². The normalized spacial score (nSPS) is 15.0. The highest BCUT2D eigenvalue weighted by Gasteiger charge is 2.29. The largest absolute Gasteiger partial charge is 0.494 e. The molecule has 7 heteroatoms. The summed E-state index contributed by atoms with van der Waals surface area (Å²) in [5.41, 5.74) is 8.22. The van der Waals surface area contributed by atoms with Gasteiger partial charge in [-0.3, -0.25) is 14.8 Å². The average Bonchev–Trinajstić information content (AvgIpc) is 3.40. The Morgan fingerprint density at radius 2 is 1.73 bits per heavy atom. The van der Waals surface area contributed by atoms with Gasteiger partial charge in [0.25, 0.3) is 5.91 Å². The van der Waals surface area contributed by atoms with Crippen molar-refractivity contribution in [3.05, 3.63) is 126 Å². The van der Waals surface area contributed by atoms with Gasteiger partial charge in [-0.1, -0.05) is 54.6 Å². The van der Waals surface area contributed by atoms with E-state index in [1.807, 2.05) is 61.5 Å². The zero-order valence-electron chi connectivity index (χ0n) is 20.5. The third-order valence-electron chi connectivity index (χ3n) is 6.07. The summed E-state index contributed by atoms with van der Waals surface area (Å²) in [6.07, 6.45) is 5.56. The van der Waals surface area contributed by atoms with Gasteiger partial charge in [0, 0.05) is 24.4 Å². The first-order chi connectivity index (χ1) is 18.2. The van der Waals surface area contributed by atoms with Gasteiger partial charge in [-0.05, 0) is 60.0 Å². The summed E-state index contributed by atoms with van der Waals surface area (Å²) in [7, 11) is 0. The molecule has 0 saturated carbocycles. The molecule has 0 bridgehead atoms.